The number of carbonyl (C=O) groups is 1. The van der Waals surface area contributed by atoms with E-state index in [0.717, 1.165) is 30.6 Å². The maximum atomic E-state index is 12.8. The Labute approximate surface area is 171 Å². The van der Waals surface area contributed by atoms with Crippen LogP contribution in [0.3, 0.4) is 0 Å². The molecule has 1 atom stereocenters. The Kier molecular flexibility index (Phi) is 5.07. The minimum atomic E-state index is -0.187. The van der Waals surface area contributed by atoms with Crippen molar-refractivity contribution in [2.24, 2.45) is 5.92 Å². The highest BCUT2D eigenvalue weighted by Gasteiger charge is 2.28. The van der Waals surface area contributed by atoms with Gasteiger partial charge in [-0.2, -0.15) is 4.52 Å². The minimum absolute atomic E-state index is 0.0256. The lowest BCUT2D eigenvalue weighted by Crippen LogP contribution is -2.41. The first-order valence-electron chi connectivity index (χ1n) is 9.11. The number of benzene rings is 1. The maximum Gasteiger partial charge on any atom is 0.275 e. The van der Waals surface area contributed by atoms with Crippen molar-refractivity contribution in [3.63, 3.8) is 0 Å². The number of aromatic nitrogens is 3. The molecule has 2 aromatic heterocycles. The number of anilines is 2. The molecule has 0 aliphatic carbocycles. The summed E-state index contributed by atoms with van der Waals surface area (Å²) in [5, 5.41) is 8.76. The van der Waals surface area contributed by atoms with Gasteiger partial charge in [-0.3, -0.25) is 9.59 Å². The lowest BCUT2D eigenvalue weighted by Gasteiger charge is -2.31. The summed E-state index contributed by atoms with van der Waals surface area (Å²) in [4.78, 5) is 31.9. The van der Waals surface area contributed by atoms with Crippen LogP contribution in [-0.4, -0.2) is 33.6 Å². The summed E-state index contributed by atoms with van der Waals surface area (Å²) < 4.78 is 1.33. The monoisotopic (exact) mass is 417 g/mol. The van der Waals surface area contributed by atoms with E-state index >= 15 is 0 Å². The molecule has 4 rings (SSSR count). The van der Waals surface area contributed by atoms with Gasteiger partial charge in [0.25, 0.3) is 5.56 Å². The van der Waals surface area contributed by atoms with Gasteiger partial charge in [-0.05, 0) is 44.4 Å². The number of hydrogen-bond acceptors (Lipinski definition) is 6. The Morgan fingerprint density at radius 1 is 1.36 bits per heavy atom. The first-order chi connectivity index (χ1) is 13.4. The summed E-state index contributed by atoms with van der Waals surface area (Å²) in [6.45, 7) is 5.03. The Morgan fingerprint density at radius 3 is 3.00 bits per heavy atom. The van der Waals surface area contributed by atoms with E-state index in [2.05, 4.69) is 20.3 Å². The van der Waals surface area contributed by atoms with E-state index < -0.39 is 0 Å². The van der Waals surface area contributed by atoms with Gasteiger partial charge in [-0.25, -0.2) is 4.98 Å². The number of piperidine rings is 1. The van der Waals surface area contributed by atoms with Gasteiger partial charge >= 0.3 is 0 Å². The van der Waals surface area contributed by atoms with Crippen molar-refractivity contribution in [1.29, 1.82) is 0 Å². The molecule has 1 aromatic carbocycles. The highest BCUT2D eigenvalue weighted by Crippen LogP contribution is 2.28. The largest absolute Gasteiger partial charge is 0.346 e. The molecule has 1 amide bonds. The summed E-state index contributed by atoms with van der Waals surface area (Å²) in [6.07, 6.45) is 1.69. The lowest BCUT2D eigenvalue weighted by atomic mass is 9.97. The third kappa shape index (κ3) is 3.62. The van der Waals surface area contributed by atoms with Gasteiger partial charge in [0.05, 0.1) is 5.92 Å². The Bertz CT molecular complexity index is 1110. The zero-order valence-electron chi connectivity index (χ0n) is 15.6. The fraction of sp³-hybridized carbons (Fsp3) is 0.368. The van der Waals surface area contributed by atoms with E-state index in [1.54, 1.807) is 13.0 Å². The number of hydrogen-bond donors (Lipinski definition) is 1. The van der Waals surface area contributed by atoms with Crippen molar-refractivity contribution in [3.05, 3.63) is 50.9 Å². The molecule has 9 heteroatoms. The molecule has 146 valence electrons. The summed E-state index contributed by atoms with van der Waals surface area (Å²) >= 11 is 7.52. The molecular weight excluding hydrogens is 398 g/mol. The Hall–Kier alpha value is -2.45. The van der Waals surface area contributed by atoms with Gasteiger partial charge in [0.1, 0.15) is 0 Å². The van der Waals surface area contributed by atoms with Crippen molar-refractivity contribution in [1.82, 2.24) is 14.6 Å². The summed E-state index contributed by atoms with van der Waals surface area (Å²) in [5.41, 5.74) is 2.08. The van der Waals surface area contributed by atoms with Gasteiger partial charge in [0.2, 0.25) is 16.0 Å². The van der Waals surface area contributed by atoms with E-state index in [1.165, 1.54) is 21.9 Å². The van der Waals surface area contributed by atoms with Crippen LogP contribution in [0.1, 0.15) is 24.1 Å². The van der Waals surface area contributed by atoms with Crippen molar-refractivity contribution in [3.8, 4) is 0 Å². The van der Waals surface area contributed by atoms with E-state index in [0.29, 0.717) is 27.4 Å². The number of rotatable bonds is 3. The zero-order chi connectivity index (χ0) is 19.8. The lowest BCUT2D eigenvalue weighted by molar-refractivity contribution is -0.120. The van der Waals surface area contributed by atoms with Crippen LogP contribution in [0.5, 0.6) is 0 Å². The van der Waals surface area contributed by atoms with E-state index in [9.17, 15) is 9.59 Å². The molecule has 1 N–H and O–H groups in total. The van der Waals surface area contributed by atoms with E-state index in [4.69, 9.17) is 11.6 Å². The van der Waals surface area contributed by atoms with Gasteiger partial charge in [-0.15, -0.1) is 5.10 Å². The van der Waals surface area contributed by atoms with Crippen molar-refractivity contribution >= 4 is 44.6 Å². The van der Waals surface area contributed by atoms with E-state index in [1.807, 2.05) is 19.1 Å². The molecule has 1 unspecified atom stereocenters. The number of halogens is 1. The summed E-state index contributed by atoms with van der Waals surface area (Å²) in [5.74, 6) is -0.187. The number of carbonyl (C=O) groups excluding carboxylic acids is 1. The minimum Gasteiger partial charge on any atom is -0.346 e. The van der Waals surface area contributed by atoms with Crippen LogP contribution in [0.25, 0.3) is 4.96 Å². The Morgan fingerprint density at radius 2 is 2.18 bits per heavy atom. The smallest absolute Gasteiger partial charge is 0.275 e. The topological polar surface area (TPSA) is 79.6 Å². The third-order valence-electron chi connectivity index (χ3n) is 4.95. The molecule has 28 heavy (non-hydrogen) atoms. The molecule has 1 fully saturated rings. The second-order valence-corrected chi connectivity index (χ2v) is 8.34. The van der Waals surface area contributed by atoms with Crippen LogP contribution in [0.4, 0.5) is 10.8 Å². The molecule has 0 saturated carbocycles. The van der Waals surface area contributed by atoms with Crippen LogP contribution < -0.4 is 15.8 Å². The number of aryl methyl sites for hydroxylation is 1. The molecule has 1 aliphatic heterocycles. The average Bonchev–Trinajstić information content (AvgIpc) is 3.10. The predicted octanol–water partition coefficient (Wildman–Crippen LogP) is 3.28. The molecule has 3 heterocycles. The fourth-order valence-corrected chi connectivity index (χ4v) is 4.54. The normalized spacial score (nSPS) is 17.1. The first kappa shape index (κ1) is 18.9. The van der Waals surface area contributed by atoms with Crippen LogP contribution in [0.2, 0.25) is 5.02 Å². The Balaban J connectivity index is 1.53. The standard InChI is InChI=1S/C19H20ClN5O2S/c1-11-9-16(26)25-18(21-11)28-19(23-25)24-8-4-5-13(10-24)17(27)22-15-7-3-6-14(20)12(15)2/h3,6-7,9,13H,4-5,8,10H2,1-2H3,(H,22,27). The van der Waals surface area contributed by atoms with Crippen molar-refractivity contribution < 1.29 is 4.79 Å². The second-order valence-electron chi connectivity index (χ2n) is 7.00. The molecule has 1 aliphatic rings. The average molecular weight is 418 g/mol. The van der Waals surface area contributed by atoms with Gasteiger partial charge in [0, 0.05) is 35.6 Å². The van der Waals surface area contributed by atoms with Gasteiger partial charge in [-0.1, -0.05) is 29.0 Å². The molecule has 1 saturated heterocycles. The SMILES string of the molecule is Cc1cc(=O)n2nc(N3CCCC(C(=O)Nc4cccc(Cl)c4C)C3)sc2n1. The van der Waals surface area contributed by atoms with E-state index in [-0.39, 0.29) is 17.4 Å². The van der Waals surface area contributed by atoms with Crippen molar-refractivity contribution in [2.75, 3.05) is 23.3 Å². The summed E-state index contributed by atoms with van der Waals surface area (Å²) in [7, 11) is 0. The van der Waals surface area contributed by atoms with Crippen LogP contribution in [-0.2, 0) is 4.79 Å². The number of amides is 1. The van der Waals surface area contributed by atoms with Crippen LogP contribution in [0.15, 0.2) is 29.1 Å². The van der Waals surface area contributed by atoms with Crippen molar-refractivity contribution in [2.45, 2.75) is 26.7 Å². The molecule has 0 spiro atoms. The maximum absolute atomic E-state index is 12.8. The highest BCUT2D eigenvalue weighted by molar-refractivity contribution is 7.20. The third-order valence-corrected chi connectivity index (χ3v) is 6.33. The fourth-order valence-electron chi connectivity index (χ4n) is 3.38. The quantitative estimate of drug-likeness (QED) is 0.707. The van der Waals surface area contributed by atoms with Crippen LogP contribution >= 0.6 is 22.9 Å². The zero-order valence-corrected chi connectivity index (χ0v) is 17.2. The van der Waals surface area contributed by atoms with Gasteiger partial charge in [0.15, 0.2) is 0 Å². The van der Waals surface area contributed by atoms with Crippen LogP contribution in [0, 0.1) is 19.8 Å². The number of fused-ring (bicyclic) bond motifs is 1. The first-order valence-corrected chi connectivity index (χ1v) is 10.3. The molecule has 0 bridgehead atoms. The molecule has 0 radical (unpaired) electrons. The van der Waals surface area contributed by atoms with Gasteiger partial charge < -0.3 is 10.2 Å². The molecule has 7 nitrogen and oxygen atoms in total. The second kappa shape index (κ2) is 7.52. The summed E-state index contributed by atoms with van der Waals surface area (Å²) in [6, 6.07) is 6.95. The number of nitrogens with one attached hydrogen (secondary N) is 1. The molecular formula is C19H20ClN5O2S. The predicted molar refractivity (Wildman–Crippen MR) is 112 cm³/mol. The highest BCUT2D eigenvalue weighted by atomic mass is 35.5. The number of nitrogens with zero attached hydrogens (tertiary/aromatic N) is 4. The molecule has 3 aromatic rings.